The predicted octanol–water partition coefficient (Wildman–Crippen LogP) is 3.04. The van der Waals surface area contributed by atoms with Gasteiger partial charge < -0.3 is 29.3 Å². The summed E-state index contributed by atoms with van der Waals surface area (Å²) in [6.45, 7) is 2.65. The van der Waals surface area contributed by atoms with E-state index in [0.29, 0.717) is 73.3 Å². The van der Waals surface area contributed by atoms with Crippen LogP contribution in [0.5, 0.6) is 17.2 Å². The van der Waals surface area contributed by atoms with Gasteiger partial charge >= 0.3 is 0 Å². The third-order valence-electron chi connectivity index (χ3n) is 6.38. The van der Waals surface area contributed by atoms with E-state index in [1.54, 1.807) is 56.7 Å². The third kappa shape index (κ3) is 5.94. The van der Waals surface area contributed by atoms with Crippen LogP contribution < -0.4 is 24.4 Å². The molecular weight excluding hydrogens is 472 g/mol. The fourth-order valence-corrected chi connectivity index (χ4v) is 4.39. The number of para-hydroxylation sites is 1. The molecule has 1 aromatic heterocycles. The number of nitrogens with one attached hydrogen (secondary N) is 1. The fourth-order valence-electron chi connectivity index (χ4n) is 4.39. The molecule has 0 atom stereocenters. The van der Waals surface area contributed by atoms with Crippen molar-refractivity contribution in [3.8, 4) is 17.2 Å². The molecule has 0 saturated carbocycles. The standard InChI is InChI=1S/C28H32N4O5/c1-35-23-9-5-4-7-21(23)28(34)32-17-15-31(16-18-32)26-22(8-6-13-29-26)27(33)30-14-12-20-10-11-24(36-2)25(19-20)37-3/h4-11,13,19H,12,14-18H2,1-3H3,(H,30,33). The lowest BCUT2D eigenvalue weighted by Crippen LogP contribution is -2.49. The Bertz CT molecular complexity index is 1240. The summed E-state index contributed by atoms with van der Waals surface area (Å²) >= 11 is 0. The van der Waals surface area contributed by atoms with E-state index in [2.05, 4.69) is 15.2 Å². The van der Waals surface area contributed by atoms with E-state index < -0.39 is 0 Å². The summed E-state index contributed by atoms with van der Waals surface area (Å²) in [5.41, 5.74) is 2.09. The molecule has 1 N–H and O–H groups in total. The van der Waals surface area contributed by atoms with Gasteiger partial charge in [-0.1, -0.05) is 18.2 Å². The number of nitrogens with zero attached hydrogens (tertiary/aromatic N) is 3. The molecule has 194 valence electrons. The molecule has 2 amide bonds. The van der Waals surface area contributed by atoms with Crippen molar-refractivity contribution in [2.45, 2.75) is 6.42 Å². The van der Waals surface area contributed by atoms with Crippen LogP contribution >= 0.6 is 0 Å². The van der Waals surface area contributed by atoms with Gasteiger partial charge in [-0.2, -0.15) is 0 Å². The minimum absolute atomic E-state index is 0.0637. The highest BCUT2D eigenvalue weighted by atomic mass is 16.5. The second-order valence-corrected chi connectivity index (χ2v) is 8.55. The number of carbonyl (C=O) groups is 2. The molecule has 2 aromatic carbocycles. The highest BCUT2D eigenvalue weighted by Gasteiger charge is 2.26. The summed E-state index contributed by atoms with van der Waals surface area (Å²) in [6, 6.07) is 16.5. The average Bonchev–Trinajstić information content (AvgIpc) is 2.96. The molecular formula is C28H32N4O5. The molecule has 0 bridgehead atoms. The molecule has 0 spiro atoms. The molecule has 0 aliphatic carbocycles. The largest absolute Gasteiger partial charge is 0.496 e. The Labute approximate surface area is 217 Å². The van der Waals surface area contributed by atoms with Crippen molar-refractivity contribution in [3.63, 3.8) is 0 Å². The van der Waals surface area contributed by atoms with Crippen LogP contribution in [-0.2, 0) is 6.42 Å². The fraction of sp³-hybridized carbons (Fsp3) is 0.321. The van der Waals surface area contributed by atoms with E-state index in [0.717, 1.165) is 5.56 Å². The number of benzene rings is 2. The minimum atomic E-state index is -0.184. The monoisotopic (exact) mass is 504 g/mol. The van der Waals surface area contributed by atoms with Crippen LogP contribution in [0.3, 0.4) is 0 Å². The predicted molar refractivity (Wildman–Crippen MR) is 141 cm³/mol. The van der Waals surface area contributed by atoms with Crippen molar-refractivity contribution < 1.29 is 23.8 Å². The SMILES string of the molecule is COc1ccc(CCNC(=O)c2cccnc2N2CCN(C(=O)c3ccccc3OC)CC2)cc1OC. The first-order valence-corrected chi connectivity index (χ1v) is 12.2. The summed E-state index contributed by atoms with van der Waals surface area (Å²) < 4.78 is 16.0. The Morgan fingerprint density at radius 2 is 1.54 bits per heavy atom. The number of hydrogen-bond donors (Lipinski definition) is 1. The zero-order valence-corrected chi connectivity index (χ0v) is 21.4. The Morgan fingerprint density at radius 1 is 0.838 bits per heavy atom. The Balaban J connectivity index is 1.36. The lowest BCUT2D eigenvalue weighted by Gasteiger charge is -2.36. The summed E-state index contributed by atoms with van der Waals surface area (Å²) in [4.78, 5) is 34.4. The maximum atomic E-state index is 13.0. The molecule has 2 heterocycles. The lowest BCUT2D eigenvalue weighted by molar-refractivity contribution is 0.0742. The molecule has 1 aliphatic rings. The van der Waals surface area contributed by atoms with Crippen LogP contribution in [0.4, 0.5) is 5.82 Å². The smallest absolute Gasteiger partial charge is 0.257 e. The third-order valence-corrected chi connectivity index (χ3v) is 6.38. The second kappa shape index (κ2) is 12.1. The number of anilines is 1. The number of hydrogen-bond acceptors (Lipinski definition) is 7. The van der Waals surface area contributed by atoms with E-state index in [1.165, 1.54) is 0 Å². The highest BCUT2D eigenvalue weighted by Crippen LogP contribution is 2.28. The first-order chi connectivity index (χ1) is 18.0. The van der Waals surface area contributed by atoms with Crippen LogP contribution in [0.2, 0.25) is 0 Å². The molecule has 3 aromatic rings. The van der Waals surface area contributed by atoms with E-state index in [1.807, 2.05) is 30.3 Å². The Kier molecular flexibility index (Phi) is 8.45. The summed E-state index contributed by atoms with van der Waals surface area (Å²) in [5, 5.41) is 3.00. The van der Waals surface area contributed by atoms with Gasteiger partial charge in [0.25, 0.3) is 11.8 Å². The first kappa shape index (κ1) is 25.8. The van der Waals surface area contributed by atoms with Crippen molar-refractivity contribution in [1.82, 2.24) is 15.2 Å². The van der Waals surface area contributed by atoms with Crippen molar-refractivity contribution >= 4 is 17.6 Å². The number of aromatic nitrogens is 1. The van der Waals surface area contributed by atoms with Gasteiger partial charge in [0, 0.05) is 38.9 Å². The number of amides is 2. The van der Waals surface area contributed by atoms with Gasteiger partial charge in [-0.15, -0.1) is 0 Å². The quantitative estimate of drug-likeness (QED) is 0.479. The van der Waals surface area contributed by atoms with Gasteiger partial charge in [-0.3, -0.25) is 9.59 Å². The first-order valence-electron chi connectivity index (χ1n) is 12.2. The zero-order valence-electron chi connectivity index (χ0n) is 21.4. The van der Waals surface area contributed by atoms with Crippen LogP contribution in [0.1, 0.15) is 26.3 Å². The topological polar surface area (TPSA) is 93.2 Å². The zero-order chi connectivity index (χ0) is 26.2. The number of ether oxygens (including phenoxy) is 3. The van der Waals surface area contributed by atoms with Gasteiger partial charge in [0.15, 0.2) is 11.5 Å². The molecule has 0 unspecified atom stereocenters. The number of rotatable bonds is 9. The number of methoxy groups -OCH3 is 3. The molecule has 1 saturated heterocycles. The maximum Gasteiger partial charge on any atom is 0.257 e. The molecule has 1 aliphatic heterocycles. The molecule has 0 radical (unpaired) electrons. The van der Waals surface area contributed by atoms with Crippen molar-refractivity contribution in [2.24, 2.45) is 0 Å². The second-order valence-electron chi connectivity index (χ2n) is 8.55. The number of piperazine rings is 1. The average molecular weight is 505 g/mol. The van der Waals surface area contributed by atoms with Gasteiger partial charge in [0.05, 0.1) is 32.5 Å². The van der Waals surface area contributed by atoms with Gasteiger partial charge in [-0.25, -0.2) is 4.98 Å². The lowest BCUT2D eigenvalue weighted by atomic mass is 10.1. The van der Waals surface area contributed by atoms with Crippen LogP contribution in [0.15, 0.2) is 60.8 Å². The molecule has 9 nitrogen and oxygen atoms in total. The molecule has 37 heavy (non-hydrogen) atoms. The van der Waals surface area contributed by atoms with Crippen molar-refractivity contribution in [2.75, 3.05) is 59.0 Å². The molecule has 9 heteroatoms. The Hall–Kier alpha value is -4.27. The van der Waals surface area contributed by atoms with Crippen molar-refractivity contribution in [3.05, 3.63) is 77.5 Å². The van der Waals surface area contributed by atoms with Crippen LogP contribution in [-0.4, -0.2) is 75.8 Å². The number of carbonyl (C=O) groups excluding carboxylic acids is 2. The van der Waals surface area contributed by atoms with E-state index in [-0.39, 0.29) is 11.8 Å². The van der Waals surface area contributed by atoms with Crippen molar-refractivity contribution in [1.29, 1.82) is 0 Å². The van der Waals surface area contributed by atoms with E-state index in [9.17, 15) is 9.59 Å². The summed E-state index contributed by atoms with van der Waals surface area (Å²) in [5.74, 6) is 2.26. The minimum Gasteiger partial charge on any atom is -0.496 e. The Morgan fingerprint density at radius 3 is 2.27 bits per heavy atom. The van der Waals surface area contributed by atoms with Gasteiger partial charge in [0.2, 0.25) is 0 Å². The van der Waals surface area contributed by atoms with Gasteiger partial charge in [-0.05, 0) is 48.4 Å². The normalized spacial score (nSPS) is 13.2. The van der Waals surface area contributed by atoms with E-state index >= 15 is 0 Å². The summed E-state index contributed by atoms with van der Waals surface area (Å²) in [7, 11) is 4.76. The molecule has 4 rings (SSSR count). The maximum absolute atomic E-state index is 13.0. The highest BCUT2D eigenvalue weighted by molar-refractivity contribution is 5.99. The van der Waals surface area contributed by atoms with E-state index in [4.69, 9.17) is 14.2 Å². The van der Waals surface area contributed by atoms with Gasteiger partial charge in [0.1, 0.15) is 11.6 Å². The number of pyridine rings is 1. The summed E-state index contributed by atoms with van der Waals surface area (Å²) in [6.07, 6.45) is 2.33. The molecule has 1 fully saturated rings. The van der Waals surface area contributed by atoms with Crippen LogP contribution in [0.25, 0.3) is 0 Å². The van der Waals surface area contributed by atoms with Crippen LogP contribution in [0, 0.1) is 0 Å².